The summed E-state index contributed by atoms with van der Waals surface area (Å²) in [6, 6.07) is 8.23. The Morgan fingerprint density at radius 3 is 2.73 bits per heavy atom. The highest BCUT2D eigenvalue weighted by molar-refractivity contribution is 5.61. The van der Waals surface area contributed by atoms with E-state index in [1.807, 2.05) is 13.0 Å². The summed E-state index contributed by atoms with van der Waals surface area (Å²) in [5.41, 5.74) is 1.79. The van der Waals surface area contributed by atoms with Crippen LogP contribution in [0.2, 0.25) is 0 Å². The van der Waals surface area contributed by atoms with Gasteiger partial charge in [0.15, 0.2) is 0 Å². The largest absolute Gasteiger partial charge is 0.464 e. The molecule has 4 nitrogen and oxygen atoms in total. The molecule has 1 aromatic heterocycles. The highest BCUT2D eigenvalue weighted by Crippen LogP contribution is 2.25. The fraction of sp³-hybridized carbons (Fsp3) is 0.0909. The number of benzene rings is 1. The number of aryl methyl sites for hydroxylation is 1. The van der Waals surface area contributed by atoms with Crippen molar-refractivity contribution in [3.8, 4) is 11.3 Å². The van der Waals surface area contributed by atoms with Crippen molar-refractivity contribution in [2.75, 3.05) is 0 Å². The van der Waals surface area contributed by atoms with Crippen molar-refractivity contribution in [1.82, 2.24) is 0 Å². The summed E-state index contributed by atoms with van der Waals surface area (Å²) in [7, 11) is 0. The molecule has 2 rings (SSSR count). The van der Waals surface area contributed by atoms with Crippen LogP contribution in [0.5, 0.6) is 0 Å². The summed E-state index contributed by atoms with van der Waals surface area (Å²) in [6.07, 6.45) is 1.62. The zero-order valence-electron chi connectivity index (χ0n) is 8.14. The summed E-state index contributed by atoms with van der Waals surface area (Å²) >= 11 is 0. The monoisotopic (exact) mass is 203 g/mol. The smallest absolute Gasteiger partial charge is 0.270 e. The lowest BCUT2D eigenvalue weighted by atomic mass is 10.1. The number of non-ortho nitro benzene ring substituents is 1. The molecule has 0 unspecified atom stereocenters. The molecule has 0 spiro atoms. The number of hydrogen-bond donors (Lipinski definition) is 0. The van der Waals surface area contributed by atoms with Crippen LogP contribution in [0.25, 0.3) is 11.3 Å². The van der Waals surface area contributed by atoms with Gasteiger partial charge in [-0.25, -0.2) is 0 Å². The van der Waals surface area contributed by atoms with E-state index in [-0.39, 0.29) is 5.69 Å². The summed E-state index contributed by atoms with van der Waals surface area (Å²) in [6.45, 7) is 1.91. The lowest BCUT2D eigenvalue weighted by Crippen LogP contribution is -1.87. The molecule has 0 aliphatic heterocycles. The lowest BCUT2D eigenvalue weighted by molar-refractivity contribution is -0.384. The number of rotatable bonds is 2. The van der Waals surface area contributed by atoms with E-state index >= 15 is 0 Å². The Bertz CT molecular complexity index is 502. The molecule has 0 fully saturated rings. The van der Waals surface area contributed by atoms with Gasteiger partial charge < -0.3 is 4.42 Å². The average Bonchev–Trinajstić information content (AvgIpc) is 2.65. The Balaban J connectivity index is 2.45. The molecule has 0 amide bonds. The van der Waals surface area contributed by atoms with Crippen molar-refractivity contribution in [2.45, 2.75) is 6.92 Å². The normalized spacial score (nSPS) is 10.2. The first-order valence-electron chi connectivity index (χ1n) is 4.47. The van der Waals surface area contributed by atoms with Crippen molar-refractivity contribution >= 4 is 5.69 Å². The van der Waals surface area contributed by atoms with Crippen LogP contribution in [0.1, 0.15) is 5.56 Å². The maximum Gasteiger partial charge on any atom is 0.270 e. The molecule has 0 bridgehead atoms. The Morgan fingerprint density at radius 2 is 2.13 bits per heavy atom. The standard InChI is InChI=1S/C11H9NO3/c1-8-5-11(15-7-8)9-3-2-4-10(6-9)12(13)14/h2-7H,1H3. The highest BCUT2D eigenvalue weighted by Gasteiger charge is 2.08. The van der Waals surface area contributed by atoms with Crippen LogP contribution in [0, 0.1) is 17.0 Å². The fourth-order valence-electron chi connectivity index (χ4n) is 1.36. The SMILES string of the molecule is Cc1coc(-c2cccc([N+](=O)[O-])c2)c1. The van der Waals surface area contributed by atoms with Gasteiger partial charge in [-0.3, -0.25) is 10.1 Å². The average molecular weight is 203 g/mol. The van der Waals surface area contributed by atoms with Crippen LogP contribution in [-0.4, -0.2) is 4.92 Å². The maximum atomic E-state index is 10.6. The second kappa shape index (κ2) is 3.57. The van der Waals surface area contributed by atoms with Crippen LogP contribution in [0.15, 0.2) is 41.0 Å². The van der Waals surface area contributed by atoms with Crippen molar-refractivity contribution in [3.63, 3.8) is 0 Å². The van der Waals surface area contributed by atoms with Crippen LogP contribution < -0.4 is 0 Å². The molecule has 0 atom stereocenters. The van der Waals surface area contributed by atoms with Crippen molar-refractivity contribution in [2.24, 2.45) is 0 Å². The molecule has 1 aromatic carbocycles. The van der Waals surface area contributed by atoms with Gasteiger partial charge in [-0.15, -0.1) is 0 Å². The topological polar surface area (TPSA) is 56.3 Å². The third-order valence-electron chi connectivity index (χ3n) is 2.07. The van der Waals surface area contributed by atoms with E-state index in [0.717, 1.165) is 11.1 Å². The van der Waals surface area contributed by atoms with Crippen molar-refractivity contribution < 1.29 is 9.34 Å². The Kier molecular flexibility index (Phi) is 2.25. The second-order valence-corrected chi connectivity index (χ2v) is 3.30. The molecule has 2 aromatic rings. The molecule has 76 valence electrons. The van der Waals surface area contributed by atoms with Gasteiger partial charge in [0.1, 0.15) is 5.76 Å². The molecule has 15 heavy (non-hydrogen) atoms. The summed E-state index contributed by atoms with van der Waals surface area (Å²) in [5, 5.41) is 10.6. The number of nitrogens with zero attached hydrogens (tertiary/aromatic N) is 1. The lowest BCUT2D eigenvalue weighted by Gasteiger charge is -1.95. The molecule has 4 heteroatoms. The first-order chi connectivity index (χ1) is 7.16. The van der Waals surface area contributed by atoms with Crippen molar-refractivity contribution in [3.05, 3.63) is 52.3 Å². The van der Waals surface area contributed by atoms with Crippen LogP contribution in [-0.2, 0) is 0 Å². The first-order valence-corrected chi connectivity index (χ1v) is 4.47. The summed E-state index contributed by atoms with van der Waals surface area (Å²) in [5.74, 6) is 0.649. The summed E-state index contributed by atoms with van der Waals surface area (Å²) in [4.78, 5) is 10.1. The van der Waals surface area contributed by atoms with Gasteiger partial charge >= 0.3 is 0 Å². The van der Waals surface area contributed by atoms with Gasteiger partial charge in [-0.05, 0) is 18.6 Å². The Labute approximate surface area is 86.3 Å². The second-order valence-electron chi connectivity index (χ2n) is 3.30. The molecule has 1 heterocycles. The van der Waals surface area contributed by atoms with E-state index in [1.54, 1.807) is 18.4 Å². The molecule has 0 radical (unpaired) electrons. The Morgan fingerprint density at radius 1 is 1.33 bits per heavy atom. The van der Waals surface area contributed by atoms with Crippen molar-refractivity contribution in [1.29, 1.82) is 0 Å². The van der Waals surface area contributed by atoms with E-state index in [4.69, 9.17) is 4.42 Å². The van der Waals surface area contributed by atoms with Gasteiger partial charge in [0.2, 0.25) is 0 Å². The molecule has 0 N–H and O–H groups in total. The number of nitro benzene ring substituents is 1. The van der Waals surface area contributed by atoms with E-state index in [1.165, 1.54) is 12.1 Å². The van der Waals surface area contributed by atoms with Crippen LogP contribution in [0.3, 0.4) is 0 Å². The number of furan rings is 1. The van der Waals surface area contributed by atoms with Crippen LogP contribution in [0.4, 0.5) is 5.69 Å². The molecule has 0 aliphatic carbocycles. The van der Waals surface area contributed by atoms with E-state index in [0.29, 0.717) is 5.76 Å². The predicted octanol–water partition coefficient (Wildman–Crippen LogP) is 3.16. The minimum absolute atomic E-state index is 0.0709. The third kappa shape index (κ3) is 1.88. The van der Waals surface area contributed by atoms with E-state index < -0.39 is 4.92 Å². The van der Waals surface area contributed by atoms with Crippen LogP contribution >= 0.6 is 0 Å². The quantitative estimate of drug-likeness (QED) is 0.556. The first kappa shape index (κ1) is 9.45. The Hall–Kier alpha value is -2.10. The molecule has 0 aliphatic rings. The molecule has 0 saturated heterocycles. The van der Waals surface area contributed by atoms with Gasteiger partial charge in [-0.2, -0.15) is 0 Å². The molecular formula is C11H9NO3. The third-order valence-corrected chi connectivity index (χ3v) is 2.07. The van der Waals surface area contributed by atoms with Gasteiger partial charge in [0.25, 0.3) is 5.69 Å². The number of nitro groups is 1. The van der Waals surface area contributed by atoms with Gasteiger partial charge in [-0.1, -0.05) is 12.1 Å². The van der Waals surface area contributed by atoms with E-state index in [2.05, 4.69) is 0 Å². The fourth-order valence-corrected chi connectivity index (χ4v) is 1.36. The predicted molar refractivity (Wildman–Crippen MR) is 55.5 cm³/mol. The minimum atomic E-state index is -0.417. The van der Waals surface area contributed by atoms with Gasteiger partial charge in [0.05, 0.1) is 11.2 Å². The number of hydrogen-bond acceptors (Lipinski definition) is 3. The zero-order valence-corrected chi connectivity index (χ0v) is 8.14. The minimum Gasteiger partial charge on any atom is -0.464 e. The zero-order chi connectivity index (χ0) is 10.8. The van der Waals surface area contributed by atoms with E-state index in [9.17, 15) is 10.1 Å². The maximum absolute atomic E-state index is 10.6. The summed E-state index contributed by atoms with van der Waals surface area (Å²) < 4.78 is 5.26. The van der Waals surface area contributed by atoms with Gasteiger partial charge in [0, 0.05) is 17.7 Å². The molecular weight excluding hydrogens is 194 g/mol. The molecule has 0 saturated carbocycles. The highest BCUT2D eigenvalue weighted by atomic mass is 16.6.